The van der Waals surface area contributed by atoms with Gasteiger partial charge in [-0.2, -0.15) is 5.10 Å². The number of hydrogen-bond donors (Lipinski definition) is 2. The third-order valence-electron chi connectivity index (χ3n) is 3.08. The van der Waals surface area contributed by atoms with Gasteiger partial charge in [-0.1, -0.05) is 0 Å². The van der Waals surface area contributed by atoms with Crippen molar-refractivity contribution in [2.45, 2.75) is 27.3 Å². The van der Waals surface area contributed by atoms with E-state index in [4.69, 9.17) is 4.42 Å². The number of pyridine rings is 1. The predicted molar refractivity (Wildman–Crippen MR) is 74.1 cm³/mol. The SMILES string of the molecule is Cc1cc(C)c2c(NCc3ccc(C)o3)n[nH]c2n1. The zero-order valence-corrected chi connectivity index (χ0v) is 11.2. The van der Waals surface area contributed by atoms with Crippen LogP contribution in [0.5, 0.6) is 0 Å². The molecule has 2 N–H and O–H groups in total. The molecule has 0 aromatic carbocycles. The largest absolute Gasteiger partial charge is 0.465 e. The molecule has 0 unspecified atom stereocenters. The van der Waals surface area contributed by atoms with Crippen LogP contribution in [0.15, 0.2) is 22.6 Å². The summed E-state index contributed by atoms with van der Waals surface area (Å²) in [5.74, 6) is 2.62. The van der Waals surface area contributed by atoms with E-state index in [1.54, 1.807) is 0 Å². The number of hydrogen-bond acceptors (Lipinski definition) is 4. The molecule has 0 radical (unpaired) electrons. The smallest absolute Gasteiger partial charge is 0.158 e. The van der Waals surface area contributed by atoms with Crippen LogP contribution in [0.2, 0.25) is 0 Å². The number of nitrogens with one attached hydrogen (secondary N) is 2. The van der Waals surface area contributed by atoms with Crippen LogP contribution < -0.4 is 5.32 Å². The number of aromatic nitrogens is 3. The second-order valence-electron chi connectivity index (χ2n) is 4.74. The van der Waals surface area contributed by atoms with Crippen molar-refractivity contribution < 1.29 is 4.42 Å². The van der Waals surface area contributed by atoms with Crippen molar-refractivity contribution in [1.82, 2.24) is 15.2 Å². The van der Waals surface area contributed by atoms with Gasteiger partial charge in [-0.15, -0.1) is 0 Å². The first-order valence-corrected chi connectivity index (χ1v) is 6.25. The maximum Gasteiger partial charge on any atom is 0.158 e. The lowest BCUT2D eigenvalue weighted by molar-refractivity contribution is 0.490. The minimum atomic E-state index is 0.612. The molecule has 3 aromatic heterocycles. The number of nitrogens with zero attached hydrogens (tertiary/aromatic N) is 2. The number of anilines is 1. The molecule has 0 atom stereocenters. The topological polar surface area (TPSA) is 66.7 Å². The third-order valence-corrected chi connectivity index (χ3v) is 3.08. The maximum atomic E-state index is 5.53. The first kappa shape index (κ1) is 11.8. The monoisotopic (exact) mass is 256 g/mol. The van der Waals surface area contributed by atoms with Crippen LogP contribution in [0.3, 0.4) is 0 Å². The number of furan rings is 1. The third kappa shape index (κ3) is 2.19. The van der Waals surface area contributed by atoms with Gasteiger partial charge < -0.3 is 9.73 Å². The van der Waals surface area contributed by atoms with Crippen molar-refractivity contribution in [2.24, 2.45) is 0 Å². The maximum absolute atomic E-state index is 5.53. The van der Waals surface area contributed by atoms with Crippen LogP contribution in [0, 0.1) is 20.8 Å². The summed E-state index contributed by atoms with van der Waals surface area (Å²) < 4.78 is 5.53. The first-order valence-electron chi connectivity index (χ1n) is 6.25. The molecular weight excluding hydrogens is 240 g/mol. The molecule has 3 aromatic rings. The van der Waals surface area contributed by atoms with Gasteiger partial charge in [0.1, 0.15) is 11.5 Å². The number of H-pyrrole nitrogens is 1. The quantitative estimate of drug-likeness (QED) is 0.755. The molecule has 5 heteroatoms. The Kier molecular flexibility index (Phi) is 2.74. The molecule has 0 saturated heterocycles. The van der Waals surface area contributed by atoms with E-state index in [1.165, 1.54) is 0 Å². The molecule has 0 fully saturated rings. The molecule has 19 heavy (non-hydrogen) atoms. The summed E-state index contributed by atoms with van der Waals surface area (Å²) >= 11 is 0. The normalized spacial score (nSPS) is 11.1. The molecule has 0 aliphatic heterocycles. The van der Waals surface area contributed by atoms with Gasteiger partial charge in [0.25, 0.3) is 0 Å². The van der Waals surface area contributed by atoms with Crippen LogP contribution in [-0.4, -0.2) is 15.2 Å². The molecular formula is C14H16N4O. The Bertz CT molecular complexity index is 726. The Morgan fingerprint density at radius 1 is 1.26 bits per heavy atom. The van der Waals surface area contributed by atoms with Crippen molar-refractivity contribution in [1.29, 1.82) is 0 Å². The van der Waals surface area contributed by atoms with Crippen molar-refractivity contribution >= 4 is 16.9 Å². The minimum Gasteiger partial charge on any atom is -0.465 e. The van der Waals surface area contributed by atoms with E-state index in [2.05, 4.69) is 33.5 Å². The van der Waals surface area contributed by atoms with Crippen LogP contribution in [0.25, 0.3) is 11.0 Å². The van der Waals surface area contributed by atoms with Gasteiger partial charge in [-0.3, -0.25) is 5.10 Å². The first-order chi connectivity index (χ1) is 9.13. The molecule has 0 spiro atoms. The van der Waals surface area contributed by atoms with E-state index in [1.807, 2.05) is 26.0 Å². The summed E-state index contributed by atoms with van der Waals surface area (Å²) in [6.45, 7) is 6.59. The highest BCUT2D eigenvalue weighted by molar-refractivity contribution is 5.90. The van der Waals surface area contributed by atoms with Gasteiger partial charge in [0.05, 0.1) is 11.9 Å². The number of rotatable bonds is 3. The second kappa shape index (κ2) is 4.42. The van der Waals surface area contributed by atoms with E-state index in [0.29, 0.717) is 6.54 Å². The Labute approximate surface area is 111 Å². The Morgan fingerprint density at radius 2 is 2.11 bits per heavy atom. The Morgan fingerprint density at radius 3 is 2.84 bits per heavy atom. The van der Waals surface area contributed by atoms with E-state index in [9.17, 15) is 0 Å². The van der Waals surface area contributed by atoms with Crippen LogP contribution >= 0.6 is 0 Å². The highest BCUT2D eigenvalue weighted by atomic mass is 16.3. The molecule has 0 aliphatic rings. The minimum absolute atomic E-state index is 0.612. The second-order valence-corrected chi connectivity index (χ2v) is 4.74. The summed E-state index contributed by atoms with van der Waals surface area (Å²) in [5.41, 5.74) is 2.96. The zero-order chi connectivity index (χ0) is 13.4. The van der Waals surface area contributed by atoms with Gasteiger partial charge >= 0.3 is 0 Å². The van der Waals surface area contributed by atoms with Crippen molar-refractivity contribution in [3.8, 4) is 0 Å². The summed E-state index contributed by atoms with van der Waals surface area (Å²) in [7, 11) is 0. The van der Waals surface area contributed by atoms with Crippen LogP contribution in [-0.2, 0) is 6.54 Å². The van der Waals surface area contributed by atoms with Crippen molar-refractivity contribution in [3.05, 3.63) is 41.0 Å². The molecule has 0 aliphatic carbocycles. The molecule has 3 rings (SSSR count). The highest BCUT2D eigenvalue weighted by Gasteiger charge is 2.10. The summed E-state index contributed by atoms with van der Waals surface area (Å²) in [5, 5.41) is 11.6. The lowest BCUT2D eigenvalue weighted by atomic mass is 10.2. The van der Waals surface area contributed by atoms with Gasteiger partial charge in [0, 0.05) is 5.69 Å². The van der Waals surface area contributed by atoms with E-state index >= 15 is 0 Å². The summed E-state index contributed by atoms with van der Waals surface area (Å²) in [6.07, 6.45) is 0. The summed E-state index contributed by atoms with van der Waals surface area (Å²) in [4.78, 5) is 4.43. The summed E-state index contributed by atoms with van der Waals surface area (Å²) in [6, 6.07) is 5.97. The van der Waals surface area contributed by atoms with Crippen molar-refractivity contribution in [3.63, 3.8) is 0 Å². The van der Waals surface area contributed by atoms with Gasteiger partial charge in [-0.25, -0.2) is 4.98 Å². The Balaban J connectivity index is 1.89. The van der Waals surface area contributed by atoms with Gasteiger partial charge in [0.2, 0.25) is 0 Å². The highest BCUT2D eigenvalue weighted by Crippen LogP contribution is 2.24. The Hall–Kier alpha value is -2.30. The molecule has 0 amide bonds. The molecule has 5 nitrogen and oxygen atoms in total. The lowest BCUT2D eigenvalue weighted by Gasteiger charge is -2.03. The van der Waals surface area contributed by atoms with E-state index in [-0.39, 0.29) is 0 Å². The average Bonchev–Trinajstić information content (AvgIpc) is 2.93. The average molecular weight is 256 g/mol. The fourth-order valence-electron chi connectivity index (χ4n) is 2.26. The standard InChI is InChI=1S/C14H16N4O/c1-8-6-9(2)16-14-12(8)13(17-18-14)15-7-11-5-4-10(3)19-11/h4-6H,7H2,1-3H3,(H2,15,16,17,18). The van der Waals surface area contributed by atoms with E-state index < -0.39 is 0 Å². The van der Waals surface area contributed by atoms with Gasteiger partial charge in [-0.05, 0) is 44.5 Å². The number of aryl methyl sites for hydroxylation is 3. The van der Waals surface area contributed by atoms with Crippen LogP contribution in [0.4, 0.5) is 5.82 Å². The molecule has 0 saturated carbocycles. The fraction of sp³-hybridized carbons (Fsp3) is 0.286. The van der Waals surface area contributed by atoms with Crippen molar-refractivity contribution in [2.75, 3.05) is 5.32 Å². The molecule has 0 bridgehead atoms. The molecule has 3 heterocycles. The number of aromatic amines is 1. The van der Waals surface area contributed by atoms with Gasteiger partial charge in [0.15, 0.2) is 11.5 Å². The van der Waals surface area contributed by atoms with E-state index in [0.717, 1.165) is 39.6 Å². The molecule has 98 valence electrons. The predicted octanol–water partition coefficient (Wildman–Crippen LogP) is 3.09. The lowest BCUT2D eigenvalue weighted by Crippen LogP contribution is -1.99. The van der Waals surface area contributed by atoms with Crippen LogP contribution in [0.1, 0.15) is 22.8 Å². The zero-order valence-electron chi connectivity index (χ0n) is 11.2. The number of fused-ring (bicyclic) bond motifs is 1. The fourth-order valence-corrected chi connectivity index (χ4v) is 2.26.